The third-order valence-electron chi connectivity index (χ3n) is 10.4. The summed E-state index contributed by atoms with van der Waals surface area (Å²) in [5.41, 5.74) is 8.71. The minimum atomic E-state index is -0.437. The molecule has 244 valence electrons. The summed E-state index contributed by atoms with van der Waals surface area (Å²) in [6, 6.07) is 52.8. The Kier molecular flexibility index (Phi) is 5.87. The SMILES string of the molecule is O=C1Oc2cc3c(cc2=C1c1ccc2c(c1)c1ccccc1n2-c1ccccc1)OC(=O)C=3c1ccc2c(c1)c1ccccc1n2-c1ccccc1. The maximum absolute atomic E-state index is 13.6. The number of ether oxygens (including phenoxy) is 2. The summed E-state index contributed by atoms with van der Waals surface area (Å²) in [5.74, 6) is -0.0630. The molecule has 11 rings (SSSR count). The Morgan fingerprint density at radius 3 is 1.19 bits per heavy atom. The van der Waals surface area contributed by atoms with Gasteiger partial charge in [-0.15, -0.1) is 0 Å². The molecule has 52 heavy (non-hydrogen) atoms. The Morgan fingerprint density at radius 2 is 0.750 bits per heavy atom. The molecule has 0 aliphatic carbocycles. The highest BCUT2D eigenvalue weighted by Crippen LogP contribution is 2.37. The van der Waals surface area contributed by atoms with Crippen molar-refractivity contribution in [3.8, 4) is 22.9 Å². The Labute approximate surface area is 296 Å². The van der Waals surface area contributed by atoms with Crippen molar-refractivity contribution in [1.82, 2.24) is 9.13 Å². The quantitative estimate of drug-likeness (QED) is 0.140. The van der Waals surface area contributed by atoms with Crippen molar-refractivity contribution in [2.75, 3.05) is 0 Å². The third kappa shape index (κ3) is 4.00. The van der Waals surface area contributed by atoms with Crippen LogP contribution >= 0.6 is 0 Å². The molecule has 0 saturated carbocycles. The number of hydrogen-bond donors (Lipinski definition) is 0. The van der Waals surface area contributed by atoms with Gasteiger partial charge >= 0.3 is 11.9 Å². The highest BCUT2D eigenvalue weighted by molar-refractivity contribution is 6.23. The van der Waals surface area contributed by atoms with E-state index in [0.29, 0.717) is 33.1 Å². The van der Waals surface area contributed by atoms with Crippen LogP contribution in [-0.4, -0.2) is 21.1 Å². The first-order valence-corrected chi connectivity index (χ1v) is 17.2. The minimum Gasteiger partial charge on any atom is -0.422 e. The largest absolute Gasteiger partial charge is 0.422 e. The molecule has 0 spiro atoms. The smallest absolute Gasteiger partial charge is 0.344 e. The normalized spacial score (nSPS) is 13.7. The van der Waals surface area contributed by atoms with Gasteiger partial charge in [0.15, 0.2) is 0 Å². The minimum absolute atomic E-state index is 0.406. The van der Waals surface area contributed by atoms with Crippen LogP contribution < -0.4 is 19.9 Å². The summed E-state index contributed by atoms with van der Waals surface area (Å²) in [5, 5.41) is 5.43. The third-order valence-corrected chi connectivity index (χ3v) is 10.4. The summed E-state index contributed by atoms with van der Waals surface area (Å²) in [7, 11) is 0. The van der Waals surface area contributed by atoms with Gasteiger partial charge in [-0.1, -0.05) is 84.9 Å². The molecular formula is C46H26N2O4. The number of rotatable bonds is 4. The lowest BCUT2D eigenvalue weighted by Crippen LogP contribution is -2.11. The summed E-state index contributed by atoms with van der Waals surface area (Å²) in [6.07, 6.45) is 0. The Hall–Kier alpha value is -7.18. The van der Waals surface area contributed by atoms with E-state index < -0.39 is 11.9 Å². The molecule has 2 aliphatic heterocycles. The number of carbonyl (C=O) groups excluding carboxylic acids is 2. The lowest BCUT2D eigenvalue weighted by Gasteiger charge is -2.08. The standard InChI is InChI=1S/C46H26N2O4/c49-45-43(27-19-21-39-33(23-27)31-15-7-9-17-37(31)47(39)29-11-3-1-4-12-29)35-25-42-36(26-41(35)51-45)44(46(50)52-42)28-20-22-40-34(24-28)32-16-8-10-18-38(32)48(40)30-13-5-2-6-14-30/h1-26H. The molecule has 0 amide bonds. The lowest BCUT2D eigenvalue weighted by atomic mass is 9.99. The zero-order chi connectivity index (χ0) is 34.5. The predicted octanol–water partition coefficient (Wildman–Crippen LogP) is 8.12. The molecule has 4 heterocycles. The lowest BCUT2D eigenvalue weighted by molar-refractivity contribution is -0.128. The molecule has 0 atom stereocenters. The second kappa shape index (κ2) is 10.7. The molecule has 7 aromatic carbocycles. The van der Waals surface area contributed by atoms with Crippen molar-refractivity contribution in [2.45, 2.75) is 0 Å². The molecule has 2 aliphatic rings. The number of para-hydroxylation sites is 4. The number of hydrogen-bond acceptors (Lipinski definition) is 4. The van der Waals surface area contributed by atoms with E-state index in [2.05, 4.69) is 81.9 Å². The monoisotopic (exact) mass is 670 g/mol. The van der Waals surface area contributed by atoms with Crippen LogP contribution in [0.1, 0.15) is 11.1 Å². The topological polar surface area (TPSA) is 62.5 Å². The molecule has 6 nitrogen and oxygen atoms in total. The van der Waals surface area contributed by atoms with Gasteiger partial charge in [0.05, 0.1) is 33.2 Å². The predicted molar refractivity (Wildman–Crippen MR) is 204 cm³/mol. The molecule has 6 heteroatoms. The zero-order valence-corrected chi connectivity index (χ0v) is 27.5. The first-order valence-electron chi connectivity index (χ1n) is 17.2. The highest BCUT2D eigenvalue weighted by Gasteiger charge is 2.31. The number of esters is 2. The molecule has 2 aromatic heterocycles. The molecule has 0 unspecified atom stereocenters. The van der Waals surface area contributed by atoms with Gasteiger partial charge in [-0.05, 0) is 83.9 Å². The molecule has 9 aromatic rings. The average Bonchev–Trinajstić information content (AvgIpc) is 3.90. The Balaban J connectivity index is 1.09. The van der Waals surface area contributed by atoms with Crippen molar-refractivity contribution < 1.29 is 19.1 Å². The number of fused-ring (bicyclic) bond motifs is 8. The van der Waals surface area contributed by atoms with Crippen LogP contribution in [0.4, 0.5) is 0 Å². The molecule has 0 bridgehead atoms. The molecule has 0 saturated heterocycles. The molecule has 0 radical (unpaired) electrons. The van der Waals surface area contributed by atoms with E-state index in [1.54, 1.807) is 12.1 Å². The average molecular weight is 671 g/mol. The van der Waals surface area contributed by atoms with Crippen LogP contribution in [0.2, 0.25) is 0 Å². The van der Waals surface area contributed by atoms with Gasteiger partial charge < -0.3 is 18.6 Å². The van der Waals surface area contributed by atoms with Gasteiger partial charge in [-0.3, -0.25) is 0 Å². The first-order chi connectivity index (χ1) is 25.6. The van der Waals surface area contributed by atoms with Gasteiger partial charge in [0, 0.05) is 43.4 Å². The van der Waals surface area contributed by atoms with Crippen LogP contribution in [-0.2, 0) is 9.59 Å². The van der Waals surface area contributed by atoms with E-state index in [1.165, 1.54) is 0 Å². The number of nitrogens with zero attached hydrogens (tertiary/aromatic N) is 2. The maximum atomic E-state index is 13.6. The van der Waals surface area contributed by atoms with Crippen molar-refractivity contribution >= 4 is 66.7 Å². The number of aromatic nitrogens is 2. The summed E-state index contributed by atoms with van der Waals surface area (Å²) in [4.78, 5) is 27.2. The van der Waals surface area contributed by atoms with E-state index in [9.17, 15) is 9.59 Å². The fourth-order valence-electron chi connectivity index (χ4n) is 8.16. The summed E-state index contributed by atoms with van der Waals surface area (Å²) < 4.78 is 16.3. The van der Waals surface area contributed by atoms with Crippen LogP contribution in [0.15, 0.2) is 158 Å². The van der Waals surface area contributed by atoms with E-state index >= 15 is 0 Å². The summed E-state index contributed by atoms with van der Waals surface area (Å²) in [6.45, 7) is 0. The van der Waals surface area contributed by atoms with E-state index in [-0.39, 0.29) is 0 Å². The van der Waals surface area contributed by atoms with Gasteiger partial charge in [0.25, 0.3) is 0 Å². The van der Waals surface area contributed by atoms with Crippen molar-refractivity contribution in [1.29, 1.82) is 0 Å². The Morgan fingerprint density at radius 1 is 0.365 bits per heavy atom. The fraction of sp³-hybridized carbons (Fsp3) is 0. The van der Waals surface area contributed by atoms with Crippen molar-refractivity contribution in [3.63, 3.8) is 0 Å². The number of benzene rings is 7. The second-order valence-corrected chi connectivity index (χ2v) is 13.2. The fourth-order valence-corrected chi connectivity index (χ4v) is 8.16. The van der Waals surface area contributed by atoms with Crippen molar-refractivity contribution in [3.05, 3.63) is 179 Å². The zero-order valence-electron chi connectivity index (χ0n) is 27.5. The van der Waals surface area contributed by atoms with Crippen LogP contribution in [0.25, 0.3) is 66.1 Å². The van der Waals surface area contributed by atoms with E-state index in [1.807, 2.05) is 72.8 Å². The molecular weight excluding hydrogens is 645 g/mol. The Bertz CT molecular complexity index is 2940. The van der Waals surface area contributed by atoms with Gasteiger partial charge in [0.2, 0.25) is 0 Å². The molecule has 0 fully saturated rings. The van der Waals surface area contributed by atoms with E-state index in [0.717, 1.165) is 66.1 Å². The van der Waals surface area contributed by atoms with Gasteiger partial charge in [-0.2, -0.15) is 0 Å². The number of carbonyl (C=O) groups is 2. The van der Waals surface area contributed by atoms with Crippen LogP contribution in [0, 0.1) is 0 Å². The van der Waals surface area contributed by atoms with Crippen molar-refractivity contribution in [2.24, 2.45) is 0 Å². The van der Waals surface area contributed by atoms with Gasteiger partial charge in [-0.25, -0.2) is 9.59 Å². The van der Waals surface area contributed by atoms with Crippen LogP contribution in [0.5, 0.6) is 11.5 Å². The summed E-state index contributed by atoms with van der Waals surface area (Å²) >= 11 is 0. The van der Waals surface area contributed by atoms with Gasteiger partial charge in [0.1, 0.15) is 11.5 Å². The molecule has 0 N–H and O–H groups in total. The van der Waals surface area contributed by atoms with E-state index in [4.69, 9.17) is 9.47 Å². The second-order valence-electron chi connectivity index (χ2n) is 13.2. The maximum Gasteiger partial charge on any atom is 0.344 e. The highest BCUT2D eigenvalue weighted by atomic mass is 16.5. The first kappa shape index (κ1) is 28.6. The van der Waals surface area contributed by atoms with Crippen LogP contribution in [0.3, 0.4) is 0 Å².